The van der Waals surface area contributed by atoms with Gasteiger partial charge in [0.15, 0.2) is 0 Å². The second-order valence-corrected chi connectivity index (χ2v) is 5.11. The zero-order valence-electron chi connectivity index (χ0n) is 9.97. The molecule has 0 spiro atoms. The van der Waals surface area contributed by atoms with Gasteiger partial charge in [-0.25, -0.2) is 0 Å². The van der Waals surface area contributed by atoms with Crippen molar-refractivity contribution in [1.29, 1.82) is 0 Å². The quantitative estimate of drug-likeness (QED) is 0.650. The molecule has 0 radical (unpaired) electrons. The number of hydrogen-bond donors (Lipinski definition) is 1. The first-order valence-electron chi connectivity index (χ1n) is 5.44. The van der Waals surface area contributed by atoms with Crippen molar-refractivity contribution in [1.82, 2.24) is 0 Å². The van der Waals surface area contributed by atoms with Gasteiger partial charge in [-0.3, -0.25) is 4.79 Å². The molecule has 1 atom stereocenters. The minimum atomic E-state index is -0.506. The summed E-state index contributed by atoms with van der Waals surface area (Å²) in [6.07, 6.45) is 0. The molecule has 1 unspecified atom stereocenters. The normalized spacial score (nSPS) is 18.6. The largest absolute Gasteiger partial charge is 0.384 e. The van der Waals surface area contributed by atoms with Gasteiger partial charge in [-0.05, 0) is 12.1 Å². The van der Waals surface area contributed by atoms with Gasteiger partial charge in [-0.15, -0.1) is 11.8 Å². The summed E-state index contributed by atoms with van der Waals surface area (Å²) in [6.45, 7) is 0.718. The summed E-state index contributed by atoms with van der Waals surface area (Å²) in [7, 11) is 3.45. The molecule has 1 amide bonds. The third-order valence-corrected chi connectivity index (χ3v) is 3.81. The molecule has 2 N–H and O–H groups in total. The lowest BCUT2D eigenvalue weighted by atomic mass is 10.1. The molecule has 5 heteroatoms. The Morgan fingerprint density at radius 3 is 3.00 bits per heavy atom. The van der Waals surface area contributed by atoms with Crippen molar-refractivity contribution < 1.29 is 9.53 Å². The summed E-state index contributed by atoms with van der Waals surface area (Å²) in [5.41, 5.74) is 7.67. The number of amides is 1. The summed E-state index contributed by atoms with van der Waals surface area (Å²) >= 11 is 1.71. The van der Waals surface area contributed by atoms with Gasteiger partial charge in [0.05, 0.1) is 6.61 Å². The molecular formula is C12H16N2O2S. The molecule has 1 aromatic rings. The predicted molar refractivity (Wildman–Crippen MR) is 69.4 cm³/mol. The second kappa shape index (κ2) is 5.08. The van der Waals surface area contributed by atoms with E-state index in [2.05, 4.69) is 0 Å². The van der Waals surface area contributed by atoms with Gasteiger partial charge in [0, 0.05) is 36.1 Å². The van der Waals surface area contributed by atoms with Gasteiger partial charge in [0.1, 0.15) is 6.04 Å². The van der Waals surface area contributed by atoms with Crippen LogP contribution in [0.25, 0.3) is 0 Å². The maximum Gasteiger partial charge on any atom is 0.248 e. The highest BCUT2D eigenvalue weighted by Crippen LogP contribution is 2.36. The van der Waals surface area contributed by atoms with Gasteiger partial charge < -0.3 is 15.4 Å². The molecule has 0 aromatic heterocycles. The minimum Gasteiger partial charge on any atom is -0.384 e. The highest BCUT2D eigenvalue weighted by molar-refractivity contribution is 7.99. The number of nitrogens with zero attached hydrogens (tertiary/aromatic N) is 1. The van der Waals surface area contributed by atoms with Crippen LogP contribution in [0.1, 0.15) is 11.6 Å². The van der Waals surface area contributed by atoms with E-state index in [1.54, 1.807) is 30.8 Å². The lowest BCUT2D eigenvalue weighted by Crippen LogP contribution is -2.27. The highest BCUT2D eigenvalue weighted by atomic mass is 32.2. The number of likely N-dealkylation sites (N-methyl/N-ethyl adjacent to an activating group) is 1. The van der Waals surface area contributed by atoms with Crippen LogP contribution in [0.5, 0.6) is 0 Å². The van der Waals surface area contributed by atoms with Crippen LogP contribution in [0.2, 0.25) is 0 Å². The summed E-state index contributed by atoms with van der Waals surface area (Å²) in [5.74, 6) is 0.859. The van der Waals surface area contributed by atoms with E-state index in [1.807, 2.05) is 18.2 Å². The Morgan fingerprint density at radius 1 is 1.53 bits per heavy atom. The van der Waals surface area contributed by atoms with E-state index in [9.17, 15) is 4.79 Å². The van der Waals surface area contributed by atoms with E-state index in [1.165, 1.54) is 0 Å². The lowest BCUT2D eigenvalue weighted by molar-refractivity contribution is -0.118. The van der Waals surface area contributed by atoms with Crippen LogP contribution in [0.3, 0.4) is 0 Å². The number of carbonyl (C=O) groups is 1. The molecule has 0 saturated carbocycles. The molecule has 17 heavy (non-hydrogen) atoms. The SMILES string of the molecule is COCCSc1ccc2c(c1)N(C)C(=O)C2N. The number of rotatable bonds is 4. The fourth-order valence-corrected chi connectivity index (χ4v) is 2.71. The zero-order valence-corrected chi connectivity index (χ0v) is 10.8. The molecule has 0 fully saturated rings. The Balaban J connectivity index is 2.18. The molecule has 0 aliphatic carbocycles. The standard InChI is InChI=1S/C12H16N2O2S/c1-14-10-7-8(17-6-5-16-2)3-4-9(10)11(13)12(14)15/h3-4,7,11H,5-6,13H2,1-2H3. The van der Waals surface area contributed by atoms with Crippen LogP contribution < -0.4 is 10.6 Å². The number of methoxy groups -OCH3 is 1. The van der Waals surface area contributed by atoms with Crippen LogP contribution in [-0.2, 0) is 9.53 Å². The average molecular weight is 252 g/mol. The van der Waals surface area contributed by atoms with Crippen molar-refractivity contribution in [2.75, 3.05) is 31.4 Å². The molecule has 1 heterocycles. The number of nitrogens with two attached hydrogens (primary N) is 1. The first-order chi connectivity index (χ1) is 8.15. The Kier molecular flexibility index (Phi) is 3.71. The van der Waals surface area contributed by atoms with E-state index >= 15 is 0 Å². The molecule has 2 rings (SSSR count). The van der Waals surface area contributed by atoms with Crippen molar-refractivity contribution in [2.45, 2.75) is 10.9 Å². The average Bonchev–Trinajstić information content (AvgIpc) is 2.55. The topological polar surface area (TPSA) is 55.6 Å². The predicted octanol–water partition coefficient (Wildman–Crippen LogP) is 1.40. The highest BCUT2D eigenvalue weighted by Gasteiger charge is 2.32. The fourth-order valence-electron chi connectivity index (χ4n) is 1.87. The molecular weight excluding hydrogens is 236 g/mol. The molecule has 0 saturated heterocycles. The zero-order chi connectivity index (χ0) is 12.4. The van der Waals surface area contributed by atoms with Gasteiger partial charge in [0.25, 0.3) is 0 Å². The number of carbonyl (C=O) groups excluding carboxylic acids is 1. The first kappa shape index (κ1) is 12.4. The number of thioether (sulfide) groups is 1. The molecule has 4 nitrogen and oxygen atoms in total. The Morgan fingerprint density at radius 2 is 2.29 bits per heavy atom. The Bertz CT molecular complexity index is 437. The maximum atomic E-state index is 11.7. The molecule has 1 aliphatic rings. The number of ether oxygens (including phenoxy) is 1. The first-order valence-corrected chi connectivity index (χ1v) is 6.42. The summed E-state index contributed by atoms with van der Waals surface area (Å²) in [5, 5.41) is 0. The smallest absolute Gasteiger partial charge is 0.248 e. The van der Waals surface area contributed by atoms with Crippen LogP contribution in [0, 0.1) is 0 Å². The monoisotopic (exact) mass is 252 g/mol. The Labute approximate surface area is 105 Å². The van der Waals surface area contributed by atoms with Gasteiger partial charge in [-0.2, -0.15) is 0 Å². The van der Waals surface area contributed by atoms with Crippen molar-refractivity contribution in [2.24, 2.45) is 5.73 Å². The number of anilines is 1. The van der Waals surface area contributed by atoms with Gasteiger partial charge in [-0.1, -0.05) is 6.07 Å². The minimum absolute atomic E-state index is 0.0426. The summed E-state index contributed by atoms with van der Waals surface area (Å²) in [6, 6.07) is 5.45. The van der Waals surface area contributed by atoms with Gasteiger partial charge in [0.2, 0.25) is 5.91 Å². The third kappa shape index (κ3) is 2.31. The number of benzene rings is 1. The number of hydrogen-bond acceptors (Lipinski definition) is 4. The van der Waals surface area contributed by atoms with Crippen molar-refractivity contribution in [3.8, 4) is 0 Å². The maximum absolute atomic E-state index is 11.7. The Hall–Kier alpha value is -1.04. The molecule has 1 aliphatic heterocycles. The molecule has 0 bridgehead atoms. The van der Waals surface area contributed by atoms with E-state index < -0.39 is 6.04 Å². The fraction of sp³-hybridized carbons (Fsp3) is 0.417. The van der Waals surface area contributed by atoms with Crippen LogP contribution in [0.4, 0.5) is 5.69 Å². The van der Waals surface area contributed by atoms with Gasteiger partial charge >= 0.3 is 0 Å². The van der Waals surface area contributed by atoms with E-state index in [0.717, 1.165) is 28.5 Å². The third-order valence-electron chi connectivity index (χ3n) is 2.85. The van der Waals surface area contributed by atoms with Crippen LogP contribution in [0.15, 0.2) is 23.1 Å². The van der Waals surface area contributed by atoms with Crippen molar-refractivity contribution in [3.05, 3.63) is 23.8 Å². The van der Waals surface area contributed by atoms with Crippen LogP contribution >= 0.6 is 11.8 Å². The molecule has 92 valence electrons. The summed E-state index contributed by atoms with van der Waals surface area (Å²) < 4.78 is 5.01. The number of fused-ring (bicyclic) bond motifs is 1. The van der Waals surface area contributed by atoms with E-state index in [4.69, 9.17) is 10.5 Å². The van der Waals surface area contributed by atoms with Crippen LogP contribution in [-0.4, -0.2) is 32.4 Å². The lowest BCUT2D eigenvalue weighted by Gasteiger charge is -2.10. The van der Waals surface area contributed by atoms with E-state index in [0.29, 0.717) is 0 Å². The summed E-state index contributed by atoms with van der Waals surface area (Å²) in [4.78, 5) is 14.5. The second-order valence-electron chi connectivity index (χ2n) is 3.94. The van der Waals surface area contributed by atoms with Crippen molar-refractivity contribution >= 4 is 23.4 Å². The van der Waals surface area contributed by atoms with Crippen molar-refractivity contribution in [3.63, 3.8) is 0 Å². The van der Waals surface area contributed by atoms with E-state index in [-0.39, 0.29) is 5.91 Å². The molecule has 1 aromatic carbocycles.